The van der Waals surface area contributed by atoms with Crippen molar-refractivity contribution in [2.45, 2.75) is 19.9 Å². The number of benzene rings is 1. The Morgan fingerprint density at radius 3 is 2.72 bits per heavy atom. The molecule has 0 N–H and O–H groups in total. The van der Waals surface area contributed by atoms with Crippen molar-refractivity contribution in [2.24, 2.45) is 5.92 Å². The van der Waals surface area contributed by atoms with Crippen molar-refractivity contribution in [1.82, 2.24) is 29.2 Å². The first-order valence-corrected chi connectivity index (χ1v) is 12.4. The second-order valence-corrected chi connectivity index (χ2v) is 9.66. The predicted molar refractivity (Wildman–Crippen MR) is 134 cm³/mol. The van der Waals surface area contributed by atoms with E-state index in [1.807, 2.05) is 35.4 Å². The van der Waals surface area contributed by atoms with E-state index in [1.54, 1.807) is 4.90 Å². The Kier molecular flexibility index (Phi) is 6.14. The fourth-order valence-electron chi connectivity index (χ4n) is 5.13. The van der Waals surface area contributed by atoms with Gasteiger partial charge in [-0.15, -0.1) is 0 Å². The smallest absolute Gasteiger partial charge is 0.251 e. The molecule has 0 unspecified atom stereocenters. The SMILES string of the molecule is Cc1cccc(-c2ccn(-c3cc(N4CCOCC4)c4ncn(CC5CN(CC(F)F)C5)c4n3)n2)c1. The minimum atomic E-state index is -2.29. The van der Waals surface area contributed by atoms with Crippen molar-refractivity contribution in [3.63, 3.8) is 0 Å². The summed E-state index contributed by atoms with van der Waals surface area (Å²) in [7, 11) is 0. The number of morpholine rings is 1. The van der Waals surface area contributed by atoms with E-state index in [1.165, 1.54) is 5.56 Å². The van der Waals surface area contributed by atoms with E-state index >= 15 is 0 Å². The number of fused-ring (bicyclic) bond motifs is 1. The lowest BCUT2D eigenvalue weighted by atomic mass is 10.0. The Hall–Kier alpha value is -3.37. The van der Waals surface area contributed by atoms with Crippen LogP contribution in [-0.2, 0) is 11.3 Å². The summed E-state index contributed by atoms with van der Waals surface area (Å²) in [5, 5.41) is 4.83. The summed E-state index contributed by atoms with van der Waals surface area (Å²) in [6.45, 7) is 6.84. The van der Waals surface area contributed by atoms with Crippen molar-refractivity contribution < 1.29 is 13.5 Å². The number of aryl methyl sites for hydroxylation is 1. The van der Waals surface area contributed by atoms with Gasteiger partial charge in [-0.3, -0.25) is 4.90 Å². The highest BCUT2D eigenvalue weighted by atomic mass is 19.3. The van der Waals surface area contributed by atoms with Crippen LogP contribution in [0.2, 0.25) is 0 Å². The first kappa shape index (κ1) is 23.1. The van der Waals surface area contributed by atoms with Crippen LogP contribution >= 0.6 is 0 Å². The van der Waals surface area contributed by atoms with Crippen LogP contribution in [0.1, 0.15) is 5.56 Å². The summed E-state index contributed by atoms with van der Waals surface area (Å²) < 4.78 is 34.8. The summed E-state index contributed by atoms with van der Waals surface area (Å²) in [4.78, 5) is 13.8. The number of likely N-dealkylation sites (tertiary alicyclic amines) is 1. The molecule has 2 saturated heterocycles. The number of alkyl halides is 2. The zero-order chi connectivity index (χ0) is 24.6. The zero-order valence-corrected chi connectivity index (χ0v) is 20.2. The molecule has 0 spiro atoms. The molecular formula is C26H29F2N7O. The van der Waals surface area contributed by atoms with Gasteiger partial charge in [-0.25, -0.2) is 23.4 Å². The number of anilines is 1. The van der Waals surface area contributed by atoms with Crippen molar-refractivity contribution >= 4 is 16.9 Å². The second-order valence-electron chi connectivity index (χ2n) is 9.66. The number of rotatable bonds is 7. The number of halogens is 2. The maximum Gasteiger partial charge on any atom is 0.251 e. The molecule has 1 aromatic carbocycles. The normalized spacial score (nSPS) is 17.3. The standard InChI is InChI=1S/C26H29F2N7O/c1-18-3-2-4-20(11-18)21-5-6-35(31-21)24-12-22(33-7-9-36-10-8-33)25-26(30-24)34(17-29-25)15-19-13-32(14-19)16-23(27)28/h2-6,11-12,17,19,23H,7-10,13-16H2,1H3. The number of aromatic nitrogens is 5. The molecule has 0 bridgehead atoms. The molecule has 0 saturated carbocycles. The molecule has 4 aromatic rings. The van der Waals surface area contributed by atoms with Crippen LogP contribution in [0.4, 0.5) is 14.5 Å². The third-order valence-corrected chi connectivity index (χ3v) is 6.91. The molecule has 3 aromatic heterocycles. The van der Waals surface area contributed by atoms with E-state index in [-0.39, 0.29) is 6.54 Å². The Bertz CT molecular complexity index is 1360. The van der Waals surface area contributed by atoms with Gasteiger partial charge in [0, 0.05) is 56.5 Å². The Morgan fingerprint density at radius 2 is 1.94 bits per heavy atom. The van der Waals surface area contributed by atoms with Crippen molar-refractivity contribution in [3.8, 4) is 17.1 Å². The number of imidazole rings is 1. The van der Waals surface area contributed by atoms with Crippen LogP contribution in [-0.4, -0.2) is 81.6 Å². The number of pyridine rings is 1. The fourth-order valence-corrected chi connectivity index (χ4v) is 5.13. The molecule has 2 aliphatic heterocycles. The molecule has 0 radical (unpaired) electrons. The van der Waals surface area contributed by atoms with Crippen molar-refractivity contribution in [3.05, 3.63) is 54.5 Å². The van der Waals surface area contributed by atoms with Crippen molar-refractivity contribution in [1.29, 1.82) is 0 Å². The maximum absolute atomic E-state index is 12.7. The Morgan fingerprint density at radius 1 is 1.11 bits per heavy atom. The molecule has 0 aliphatic carbocycles. The minimum Gasteiger partial charge on any atom is -0.378 e. The molecular weight excluding hydrogens is 464 g/mol. The van der Waals surface area contributed by atoms with E-state index in [9.17, 15) is 8.78 Å². The van der Waals surface area contributed by atoms with Gasteiger partial charge in [-0.05, 0) is 19.1 Å². The van der Waals surface area contributed by atoms with Crippen LogP contribution in [0, 0.1) is 12.8 Å². The van der Waals surface area contributed by atoms with Crippen LogP contribution in [0.3, 0.4) is 0 Å². The molecule has 6 rings (SSSR count). The summed E-state index contributed by atoms with van der Waals surface area (Å²) in [5.41, 5.74) is 5.77. The molecule has 10 heteroatoms. The van der Waals surface area contributed by atoms with Gasteiger partial charge < -0.3 is 14.2 Å². The lowest BCUT2D eigenvalue weighted by Gasteiger charge is -2.39. The summed E-state index contributed by atoms with van der Waals surface area (Å²) in [5.74, 6) is 1.02. The maximum atomic E-state index is 12.7. The number of hydrogen-bond donors (Lipinski definition) is 0. The van der Waals surface area contributed by atoms with Gasteiger partial charge in [0.1, 0.15) is 5.52 Å². The van der Waals surface area contributed by atoms with E-state index in [2.05, 4.69) is 34.6 Å². The van der Waals surface area contributed by atoms with Gasteiger partial charge in [0.05, 0.1) is 37.5 Å². The molecule has 188 valence electrons. The predicted octanol–water partition coefficient (Wildman–Crippen LogP) is 3.63. The molecule has 5 heterocycles. The molecule has 8 nitrogen and oxygen atoms in total. The number of nitrogens with zero attached hydrogens (tertiary/aromatic N) is 7. The highest BCUT2D eigenvalue weighted by molar-refractivity contribution is 5.87. The Labute approximate surface area is 208 Å². The van der Waals surface area contributed by atoms with E-state index in [0.717, 1.165) is 47.0 Å². The Balaban J connectivity index is 1.34. The second kappa shape index (κ2) is 9.59. The number of ether oxygens (including phenoxy) is 1. The van der Waals surface area contributed by atoms with Gasteiger partial charge in [-0.1, -0.05) is 23.8 Å². The molecule has 0 atom stereocenters. The van der Waals surface area contributed by atoms with Crippen LogP contribution in [0.15, 0.2) is 48.9 Å². The average Bonchev–Trinajstić information content (AvgIpc) is 3.50. The van der Waals surface area contributed by atoms with Crippen molar-refractivity contribution in [2.75, 3.05) is 50.8 Å². The highest BCUT2D eigenvalue weighted by Crippen LogP contribution is 2.30. The van der Waals surface area contributed by atoms with Crippen LogP contribution < -0.4 is 4.90 Å². The topological polar surface area (TPSA) is 64.2 Å². The lowest BCUT2D eigenvalue weighted by molar-refractivity contribution is 0.0200. The summed E-state index contributed by atoms with van der Waals surface area (Å²) >= 11 is 0. The first-order valence-electron chi connectivity index (χ1n) is 12.4. The third-order valence-electron chi connectivity index (χ3n) is 6.91. The lowest BCUT2D eigenvalue weighted by Crippen LogP contribution is -2.50. The van der Waals surface area contributed by atoms with Crippen LogP contribution in [0.25, 0.3) is 28.2 Å². The summed E-state index contributed by atoms with van der Waals surface area (Å²) in [6.07, 6.45) is 1.46. The highest BCUT2D eigenvalue weighted by Gasteiger charge is 2.30. The van der Waals surface area contributed by atoms with Crippen LogP contribution in [0.5, 0.6) is 0 Å². The quantitative estimate of drug-likeness (QED) is 0.392. The summed E-state index contributed by atoms with van der Waals surface area (Å²) in [6, 6.07) is 12.3. The molecule has 0 amide bonds. The third kappa shape index (κ3) is 4.58. The fraction of sp³-hybridized carbons (Fsp3) is 0.423. The zero-order valence-electron chi connectivity index (χ0n) is 20.2. The first-order chi connectivity index (χ1) is 17.5. The monoisotopic (exact) mass is 493 g/mol. The molecule has 2 fully saturated rings. The molecule has 2 aliphatic rings. The van der Waals surface area contributed by atoms with Gasteiger partial charge >= 0.3 is 0 Å². The van der Waals surface area contributed by atoms with E-state index in [4.69, 9.17) is 19.8 Å². The van der Waals surface area contributed by atoms with E-state index in [0.29, 0.717) is 38.8 Å². The number of hydrogen-bond acceptors (Lipinski definition) is 6. The van der Waals surface area contributed by atoms with Gasteiger partial charge in [-0.2, -0.15) is 5.10 Å². The van der Waals surface area contributed by atoms with Gasteiger partial charge in [0.15, 0.2) is 11.5 Å². The van der Waals surface area contributed by atoms with Gasteiger partial charge in [0.2, 0.25) is 0 Å². The minimum absolute atomic E-state index is 0.159. The molecule has 36 heavy (non-hydrogen) atoms. The largest absolute Gasteiger partial charge is 0.378 e. The van der Waals surface area contributed by atoms with Gasteiger partial charge in [0.25, 0.3) is 6.43 Å². The van der Waals surface area contributed by atoms with E-state index < -0.39 is 6.43 Å². The average molecular weight is 494 g/mol.